The van der Waals surface area contributed by atoms with E-state index < -0.39 is 41.9 Å². The van der Waals surface area contributed by atoms with Crippen LogP contribution in [0.25, 0.3) is 0 Å². The lowest BCUT2D eigenvalue weighted by molar-refractivity contribution is -0.165. The molecule has 1 amide bonds. The first kappa shape index (κ1) is 33.0. The lowest BCUT2D eigenvalue weighted by Crippen LogP contribution is -2.50. The molecule has 236 valence electrons. The summed E-state index contributed by atoms with van der Waals surface area (Å²) in [6.07, 6.45) is 3.28. The molecule has 4 rings (SSSR count). The Kier molecular flexibility index (Phi) is 12.5. The Labute approximate surface area is 253 Å². The van der Waals surface area contributed by atoms with Crippen molar-refractivity contribution in [1.29, 1.82) is 0 Å². The van der Waals surface area contributed by atoms with Crippen LogP contribution in [0.5, 0.6) is 0 Å². The number of esters is 1. The van der Waals surface area contributed by atoms with Crippen molar-refractivity contribution in [2.75, 3.05) is 19.7 Å². The van der Waals surface area contributed by atoms with E-state index in [0.717, 1.165) is 37.3 Å². The van der Waals surface area contributed by atoms with Gasteiger partial charge < -0.3 is 24.8 Å². The number of aryl methyl sites for hydroxylation is 1. The number of ether oxygens (including phenoxy) is 2. The smallest absolute Gasteiger partial charge is 0.329 e. The number of amides is 1. The first-order chi connectivity index (χ1) is 20.8. The number of halogens is 2. The summed E-state index contributed by atoms with van der Waals surface area (Å²) in [5.74, 6) is -2.27. The fraction of sp³-hybridized carbons (Fsp3) is 0.588. The molecule has 0 spiro atoms. The third-order valence-corrected chi connectivity index (χ3v) is 8.56. The van der Waals surface area contributed by atoms with Crippen molar-refractivity contribution in [3.63, 3.8) is 0 Å². The van der Waals surface area contributed by atoms with Crippen LogP contribution in [0.2, 0.25) is 0 Å². The van der Waals surface area contributed by atoms with Gasteiger partial charge in [-0.2, -0.15) is 0 Å². The fourth-order valence-electron chi connectivity index (χ4n) is 6.22. The molecule has 0 bridgehead atoms. The molecule has 2 aliphatic rings. The number of carbonyl (C=O) groups is 2. The van der Waals surface area contributed by atoms with Crippen molar-refractivity contribution < 1.29 is 33.0 Å². The molecule has 9 heteroatoms. The first-order valence-electron chi connectivity index (χ1n) is 15.8. The molecule has 0 radical (unpaired) electrons. The molecule has 2 fully saturated rings. The number of rotatable bonds is 16. The van der Waals surface area contributed by atoms with Crippen molar-refractivity contribution >= 4 is 11.9 Å². The van der Waals surface area contributed by atoms with E-state index in [1.54, 1.807) is 4.90 Å². The number of nitrogens with zero attached hydrogens (tertiary/aromatic N) is 1. The summed E-state index contributed by atoms with van der Waals surface area (Å²) < 4.78 is 40.1. The molecule has 2 saturated heterocycles. The summed E-state index contributed by atoms with van der Waals surface area (Å²) >= 11 is 0. The van der Waals surface area contributed by atoms with Gasteiger partial charge in [-0.15, -0.1) is 0 Å². The molecular formula is C34H46F2N2O5. The maximum Gasteiger partial charge on any atom is 0.329 e. The van der Waals surface area contributed by atoms with Crippen LogP contribution in [0.15, 0.2) is 48.5 Å². The normalized spacial score (nSPS) is 22.5. The molecule has 43 heavy (non-hydrogen) atoms. The topological polar surface area (TPSA) is 88.1 Å². The Morgan fingerprint density at radius 2 is 1.84 bits per heavy atom. The molecule has 2 aromatic carbocycles. The zero-order valence-corrected chi connectivity index (χ0v) is 25.4. The van der Waals surface area contributed by atoms with Crippen molar-refractivity contribution in [2.45, 2.75) is 102 Å². The van der Waals surface area contributed by atoms with Crippen LogP contribution in [0, 0.1) is 17.6 Å². The Bertz CT molecular complexity index is 1160. The minimum atomic E-state index is -1.16. The van der Waals surface area contributed by atoms with Gasteiger partial charge in [0.15, 0.2) is 0 Å². The predicted octanol–water partition coefficient (Wildman–Crippen LogP) is 4.98. The fourth-order valence-corrected chi connectivity index (χ4v) is 6.22. The van der Waals surface area contributed by atoms with Gasteiger partial charge in [0.05, 0.1) is 6.10 Å². The molecule has 2 unspecified atom stereocenters. The van der Waals surface area contributed by atoms with E-state index >= 15 is 0 Å². The molecule has 0 aromatic heterocycles. The van der Waals surface area contributed by atoms with Gasteiger partial charge in [-0.3, -0.25) is 4.79 Å². The van der Waals surface area contributed by atoms with Crippen LogP contribution in [0.3, 0.4) is 0 Å². The van der Waals surface area contributed by atoms with Crippen LogP contribution in [-0.2, 0) is 31.9 Å². The second-order valence-electron chi connectivity index (χ2n) is 11.9. The zero-order chi connectivity index (χ0) is 30.8. The number of likely N-dealkylation sites (tertiary alicyclic amines) is 1. The maximum atomic E-state index is 14.1. The molecule has 2 heterocycles. The average molecular weight is 601 g/mol. The monoisotopic (exact) mass is 600 g/mol. The van der Waals surface area contributed by atoms with E-state index in [2.05, 4.69) is 12.2 Å². The van der Waals surface area contributed by atoms with Gasteiger partial charge in [-0.25, -0.2) is 13.6 Å². The molecule has 2 aromatic rings. The van der Waals surface area contributed by atoms with Crippen molar-refractivity contribution in [3.8, 4) is 0 Å². The zero-order valence-electron chi connectivity index (χ0n) is 25.4. The second kappa shape index (κ2) is 16.3. The standard InChI is InChI=1S/C34H46F2N2O5/c1-3-5-11-25-14-15-38(33(25)40)30(13-12-23-9-7-6-8-10-23)34(41)43-31(19-24-17-26(35)20-27(36)18-24)32(39)29-21-28(22-37-29)42-16-4-2/h6-10,17-18,20,25,28-32,37,39H,3-5,11-16,19,21-22H2,1-2H3/t25?,28-,29-,30?,31+,32-/m1/s1. The van der Waals surface area contributed by atoms with Gasteiger partial charge in [0.2, 0.25) is 5.91 Å². The van der Waals surface area contributed by atoms with Gasteiger partial charge in [0, 0.05) is 44.1 Å². The number of aliphatic hydroxyl groups excluding tert-OH is 1. The van der Waals surface area contributed by atoms with Crippen molar-refractivity contribution in [2.24, 2.45) is 5.92 Å². The number of hydrogen-bond acceptors (Lipinski definition) is 6. The lowest BCUT2D eigenvalue weighted by atomic mass is 9.96. The molecular weight excluding hydrogens is 554 g/mol. The Morgan fingerprint density at radius 3 is 2.53 bits per heavy atom. The number of benzene rings is 2. The largest absolute Gasteiger partial charge is 0.458 e. The molecule has 0 aliphatic carbocycles. The average Bonchev–Trinajstić information content (AvgIpc) is 3.61. The molecule has 7 nitrogen and oxygen atoms in total. The van der Waals surface area contributed by atoms with Crippen LogP contribution in [0.4, 0.5) is 8.78 Å². The Balaban J connectivity index is 1.55. The molecule has 6 atom stereocenters. The number of hydrogen-bond donors (Lipinski definition) is 2. The van der Waals surface area contributed by atoms with Crippen molar-refractivity contribution in [1.82, 2.24) is 10.2 Å². The SMILES string of the molecule is CCCCC1CCN(C(CCc2ccccc2)C(=O)O[C@@H](Cc2cc(F)cc(F)c2)[C@H](O)[C@H]2C[C@@H](OCCC)CN2)C1=O. The highest BCUT2D eigenvalue weighted by atomic mass is 19.1. The van der Waals surface area contributed by atoms with Crippen molar-refractivity contribution in [3.05, 3.63) is 71.3 Å². The van der Waals surface area contributed by atoms with E-state index in [0.29, 0.717) is 45.4 Å². The van der Waals surface area contributed by atoms with E-state index in [1.165, 1.54) is 12.1 Å². The minimum Gasteiger partial charge on any atom is -0.458 e. The van der Waals surface area contributed by atoms with E-state index in [9.17, 15) is 23.5 Å². The predicted molar refractivity (Wildman–Crippen MR) is 160 cm³/mol. The summed E-state index contributed by atoms with van der Waals surface area (Å²) in [6, 6.07) is 11.6. The molecule has 2 aliphatic heterocycles. The summed E-state index contributed by atoms with van der Waals surface area (Å²) in [7, 11) is 0. The van der Waals surface area contributed by atoms with Gasteiger partial charge in [0.1, 0.15) is 29.9 Å². The summed E-state index contributed by atoms with van der Waals surface area (Å²) in [4.78, 5) is 29.0. The second-order valence-corrected chi connectivity index (χ2v) is 11.9. The van der Waals surface area contributed by atoms with Gasteiger partial charge in [-0.05, 0) is 61.8 Å². The van der Waals surface area contributed by atoms with Crippen LogP contribution >= 0.6 is 0 Å². The molecule has 2 N–H and O–H groups in total. The van der Waals surface area contributed by atoms with Gasteiger partial charge >= 0.3 is 5.97 Å². The maximum absolute atomic E-state index is 14.1. The van der Waals surface area contributed by atoms with E-state index in [4.69, 9.17) is 9.47 Å². The summed E-state index contributed by atoms with van der Waals surface area (Å²) in [5.41, 5.74) is 1.30. The highest BCUT2D eigenvalue weighted by Crippen LogP contribution is 2.28. The molecule has 0 saturated carbocycles. The minimum absolute atomic E-state index is 0.0406. The number of unbranched alkanes of at least 4 members (excludes halogenated alkanes) is 1. The highest BCUT2D eigenvalue weighted by molar-refractivity contribution is 5.87. The van der Waals surface area contributed by atoms with Crippen LogP contribution < -0.4 is 5.32 Å². The van der Waals surface area contributed by atoms with Crippen LogP contribution in [0.1, 0.15) is 69.9 Å². The summed E-state index contributed by atoms with van der Waals surface area (Å²) in [5, 5.41) is 14.7. The lowest BCUT2D eigenvalue weighted by Gasteiger charge is -2.32. The van der Waals surface area contributed by atoms with E-state index in [1.807, 2.05) is 37.3 Å². The number of aliphatic hydroxyl groups is 1. The number of nitrogens with one attached hydrogen (secondary N) is 1. The van der Waals surface area contributed by atoms with E-state index in [-0.39, 0.29) is 29.9 Å². The van der Waals surface area contributed by atoms with Gasteiger partial charge in [0.25, 0.3) is 0 Å². The summed E-state index contributed by atoms with van der Waals surface area (Å²) in [6.45, 7) is 5.71. The quantitative estimate of drug-likeness (QED) is 0.265. The Morgan fingerprint density at radius 1 is 1.09 bits per heavy atom. The third kappa shape index (κ3) is 9.30. The first-order valence-corrected chi connectivity index (χ1v) is 15.8. The number of carbonyl (C=O) groups excluding carboxylic acids is 2. The highest BCUT2D eigenvalue weighted by Gasteiger charge is 2.42. The van der Waals surface area contributed by atoms with Crippen LogP contribution in [-0.4, -0.2) is 72.0 Å². The Hall–Kier alpha value is -2.88. The third-order valence-electron chi connectivity index (χ3n) is 8.56. The van der Waals surface area contributed by atoms with Gasteiger partial charge in [-0.1, -0.05) is 57.0 Å².